The van der Waals surface area contributed by atoms with Crippen LogP contribution in [0.15, 0.2) is 48.5 Å². The third-order valence-corrected chi connectivity index (χ3v) is 5.55. The molecule has 27 heavy (non-hydrogen) atoms. The van der Waals surface area contributed by atoms with Gasteiger partial charge in [0.1, 0.15) is 0 Å². The molecule has 148 valence electrons. The third-order valence-electron chi connectivity index (χ3n) is 4.73. The average Bonchev–Trinajstić information content (AvgIpc) is 2.66. The maximum atomic E-state index is 7.91. The van der Waals surface area contributed by atoms with Crippen molar-refractivity contribution in [1.29, 1.82) is 0 Å². The van der Waals surface area contributed by atoms with E-state index in [0.717, 1.165) is 13.0 Å². The highest BCUT2D eigenvalue weighted by atomic mass is 79.9. The van der Waals surface area contributed by atoms with E-state index in [1.165, 1.54) is 41.5 Å². The molecule has 0 aromatic heterocycles. The number of alkyl halides is 1. The smallest absolute Gasteiger partial charge is 0.0868 e. The van der Waals surface area contributed by atoms with Gasteiger partial charge in [0.15, 0.2) is 0 Å². The predicted molar refractivity (Wildman–Crippen MR) is 114 cm³/mol. The molecule has 2 aliphatic rings. The van der Waals surface area contributed by atoms with E-state index in [4.69, 9.17) is 14.9 Å². The van der Waals surface area contributed by atoms with E-state index in [1.807, 2.05) is 0 Å². The van der Waals surface area contributed by atoms with E-state index in [2.05, 4.69) is 71.4 Å². The monoisotopic (exact) mass is 434 g/mol. The summed E-state index contributed by atoms with van der Waals surface area (Å²) in [5, 5.41) is 15.8. The molecule has 3 nitrogen and oxygen atoms in total. The Morgan fingerprint density at radius 2 is 1.48 bits per heavy atom. The number of ether oxygens (including phenoxy) is 1. The number of hydrogen-bond donors (Lipinski definition) is 2. The van der Waals surface area contributed by atoms with Crippen molar-refractivity contribution >= 4 is 15.9 Å². The minimum Gasteiger partial charge on any atom is -0.396 e. The molecule has 2 atom stereocenters. The van der Waals surface area contributed by atoms with Crippen molar-refractivity contribution in [1.82, 2.24) is 0 Å². The van der Waals surface area contributed by atoms with E-state index in [9.17, 15) is 0 Å². The standard InChI is InChI=1S/C12H16O.C8H7Br.C3H8O2/c1-2-3-8-13-12-9-10-6-4-5-7-11(10)12;9-8-5-6-3-1-2-4-7(6)8;4-2-1-3-5/h4-7,12H,2-3,8-9H2,1H3;1-4,8H,5H2;4-5H,1-3H2. The quantitative estimate of drug-likeness (QED) is 0.488. The van der Waals surface area contributed by atoms with E-state index in [1.54, 1.807) is 0 Å². The molecule has 2 N–H and O–H groups in total. The fourth-order valence-corrected chi connectivity index (χ4v) is 3.80. The van der Waals surface area contributed by atoms with Gasteiger partial charge in [-0.05, 0) is 41.5 Å². The Morgan fingerprint density at radius 1 is 0.889 bits per heavy atom. The number of benzene rings is 2. The van der Waals surface area contributed by atoms with Crippen molar-refractivity contribution in [3.63, 3.8) is 0 Å². The molecule has 0 amide bonds. The van der Waals surface area contributed by atoms with Crippen LogP contribution in [-0.2, 0) is 17.6 Å². The Hall–Kier alpha value is -1.20. The largest absolute Gasteiger partial charge is 0.396 e. The Bertz CT molecular complexity index is 672. The van der Waals surface area contributed by atoms with E-state index in [0.29, 0.717) is 17.4 Å². The molecular formula is C23H31BrO3. The van der Waals surface area contributed by atoms with Gasteiger partial charge in [-0.2, -0.15) is 0 Å². The Balaban J connectivity index is 0.000000162. The second-order valence-electron chi connectivity index (χ2n) is 6.79. The number of rotatable bonds is 6. The topological polar surface area (TPSA) is 49.7 Å². The highest BCUT2D eigenvalue weighted by molar-refractivity contribution is 9.09. The zero-order valence-electron chi connectivity index (χ0n) is 16.1. The van der Waals surface area contributed by atoms with Gasteiger partial charge in [0.05, 0.1) is 6.10 Å². The fourth-order valence-electron chi connectivity index (χ4n) is 3.00. The number of hydrogen-bond acceptors (Lipinski definition) is 3. The molecule has 4 heteroatoms. The number of halogens is 1. The van der Waals surface area contributed by atoms with Gasteiger partial charge in [-0.15, -0.1) is 0 Å². The second kappa shape index (κ2) is 12.3. The molecule has 0 saturated heterocycles. The molecule has 0 saturated carbocycles. The van der Waals surface area contributed by atoms with Crippen LogP contribution in [0.4, 0.5) is 0 Å². The van der Waals surface area contributed by atoms with Crippen molar-refractivity contribution in [2.24, 2.45) is 0 Å². The van der Waals surface area contributed by atoms with Crippen molar-refractivity contribution in [2.75, 3.05) is 19.8 Å². The van der Waals surface area contributed by atoms with Gasteiger partial charge in [-0.3, -0.25) is 0 Å². The lowest BCUT2D eigenvalue weighted by atomic mass is 9.85. The molecule has 2 aliphatic carbocycles. The molecule has 0 spiro atoms. The predicted octanol–water partition coefficient (Wildman–Crippen LogP) is 5.14. The average molecular weight is 435 g/mol. The zero-order chi connectivity index (χ0) is 19.5. The van der Waals surface area contributed by atoms with Gasteiger partial charge in [0.25, 0.3) is 0 Å². The van der Waals surface area contributed by atoms with Crippen molar-refractivity contribution < 1.29 is 14.9 Å². The third kappa shape index (κ3) is 6.72. The van der Waals surface area contributed by atoms with Gasteiger partial charge in [0, 0.05) is 31.1 Å². The Kier molecular flexibility index (Phi) is 10.1. The number of unbranched alkanes of at least 4 members (excludes halogenated alkanes) is 1. The molecular weight excluding hydrogens is 404 g/mol. The number of aliphatic hydroxyl groups is 2. The molecule has 2 unspecified atom stereocenters. The molecule has 0 aliphatic heterocycles. The SMILES string of the molecule is BrC1Cc2ccccc21.CCCCOC1Cc2ccccc21.OCCCO. The summed E-state index contributed by atoms with van der Waals surface area (Å²) in [5.41, 5.74) is 5.83. The second-order valence-corrected chi connectivity index (χ2v) is 7.89. The summed E-state index contributed by atoms with van der Waals surface area (Å²) in [6.07, 6.45) is 5.60. The lowest BCUT2D eigenvalue weighted by Gasteiger charge is -2.29. The highest BCUT2D eigenvalue weighted by Gasteiger charge is 2.25. The molecule has 0 radical (unpaired) electrons. The zero-order valence-corrected chi connectivity index (χ0v) is 17.7. The summed E-state index contributed by atoms with van der Waals surface area (Å²) in [5.74, 6) is 0. The minimum atomic E-state index is 0.0938. The van der Waals surface area contributed by atoms with Gasteiger partial charge in [-0.25, -0.2) is 0 Å². The molecule has 2 aromatic rings. The maximum Gasteiger partial charge on any atom is 0.0868 e. The molecule has 4 rings (SSSR count). The normalized spacial score (nSPS) is 18.4. The summed E-state index contributed by atoms with van der Waals surface area (Å²) in [4.78, 5) is 0.633. The van der Waals surface area contributed by atoms with Crippen LogP contribution in [0.3, 0.4) is 0 Å². The van der Waals surface area contributed by atoms with Crippen LogP contribution in [0, 0.1) is 0 Å². The van der Waals surface area contributed by atoms with Gasteiger partial charge >= 0.3 is 0 Å². The van der Waals surface area contributed by atoms with E-state index in [-0.39, 0.29) is 13.2 Å². The first kappa shape index (κ1) is 22.1. The maximum absolute atomic E-state index is 7.91. The number of fused-ring (bicyclic) bond motifs is 2. The van der Waals surface area contributed by atoms with Crippen LogP contribution in [0.5, 0.6) is 0 Å². The highest BCUT2D eigenvalue weighted by Crippen LogP contribution is 2.39. The summed E-state index contributed by atoms with van der Waals surface area (Å²) in [6, 6.07) is 17.1. The van der Waals surface area contributed by atoms with E-state index < -0.39 is 0 Å². The van der Waals surface area contributed by atoms with Crippen molar-refractivity contribution in [2.45, 2.75) is 50.0 Å². The van der Waals surface area contributed by atoms with Crippen molar-refractivity contribution in [3.8, 4) is 0 Å². The number of aliphatic hydroxyl groups excluding tert-OH is 2. The fraction of sp³-hybridized carbons (Fsp3) is 0.478. The first-order valence-corrected chi connectivity index (χ1v) is 10.8. The Morgan fingerprint density at radius 3 is 1.93 bits per heavy atom. The van der Waals surface area contributed by atoms with Crippen LogP contribution >= 0.6 is 15.9 Å². The van der Waals surface area contributed by atoms with Crippen molar-refractivity contribution in [3.05, 3.63) is 70.8 Å². The Labute approximate surface area is 171 Å². The van der Waals surface area contributed by atoms with Crippen LogP contribution in [0.25, 0.3) is 0 Å². The first-order valence-electron chi connectivity index (χ1n) is 9.84. The van der Waals surface area contributed by atoms with Gasteiger partial charge in [-0.1, -0.05) is 77.8 Å². The van der Waals surface area contributed by atoms with Gasteiger partial charge < -0.3 is 14.9 Å². The first-order chi connectivity index (χ1) is 13.2. The molecule has 2 aromatic carbocycles. The lowest BCUT2D eigenvalue weighted by Crippen LogP contribution is -2.20. The van der Waals surface area contributed by atoms with Crippen LogP contribution in [0.1, 0.15) is 59.4 Å². The summed E-state index contributed by atoms with van der Waals surface area (Å²) >= 11 is 3.56. The van der Waals surface area contributed by atoms with Gasteiger partial charge in [0.2, 0.25) is 0 Å². The summed E-state index contributed by atoms with van der Waals surface area (Å²) in [7, 11) is 0. The molecule has 0 fully saturated rings. The summed E-state index contributed by atoms with van der Waals surface area (Å²) < 4.78 is 5.74. The van der Waals surface area contributed by atoms with E-state index >= 15 is 0 Å². The molecule has 0 heterocycles. The van der Waals surface area contributed by atoms with Crippen LogP contribution < -0.4 is 0 Å². The minimum absolute atomic E-state index is 0.0938. The van der Waals surface area contributed by atoms with Crippen LogP contribution in [0.2, 0.25) is 0 Å². The lowest BCUT2D eigenvalue weighted by molar-refractivity contribution is 0.0352. The van der Waals surface area contributed by atoms with Crippen LogP contribution in [-0.4, -0.2) is 30.0 Å². The molecule has 0 bridgehead atoms. The summed E-state index contributed by atoms with van der Waals surface area (Å²) in [6.45, 7) is 3.29.